The third-order valence-corrected chi connectivity index (χ3v) is 39.8. The fraction of sp³-hybridized carbons (Fsp3) is 0.868. The molecule has 12 aliphatic carbocycles. The van der Waals surface area contributed by atoms with E-state index in [9.17, 15) is 30.0 Å². The Morgan fingerprint density at radius 1 is 0.342 bits per heavy atom. The molecule has 0 spiro atoms. The molecule has 3 aliphatic heterocycles. The highest BCUT2D eigenvalue weighted by atomic mass is 16.6. The van der Waals surface area contributed by atoms with Crippen molar-refractivity contribution in [1.29, 1.82) is 0 Å². The molecule has 15 fully saturated rings. The van der Waals surface area contributed by atoms with E-state index < -0.39 is 16.8 Å². The number of fused-ring (bicyclic) bond motifs is 15. The van der Waals surface area contributed by atoms with Crippen molar-refractivity contribution in [2.24, 2.45) is 157 Å². The Labute approximate surface area is 713 Å². The topological polar surface area (TPSA) is 161 Å². The summed E-state index contributed by atoms with van der Waals surface area (Å²) in [6.07, 6.45) is 46.8. The van der Waals surface area contributed by atoms with Crippen molar-refractivity contribution < 1.29 is 53.7 Å². The van der Waals surface area contributed by atoms with Crippen LogP contribution in [0.5, 0.6) is 0 Å². The first kappa shape index (κ1) is 91.8. The lowest BCUT2D eigenvalue weighted by Gasteiger charge is -2.62. The fourth-order valence-corrected chi connectivity index (χ4v) is 33.0. The Bertz CT molecular complexity index is 3320. The zero-order valence-corrected chi connectivity index (χ0v) is 74.6. The molecule has 12 saturated carbocycles. The second-order valence-corrected chi connectivity index (χ2v) is 46.0. The van der Waals surface area contributed by atoms with E-state index in [1.807, 2.05) is 60.7 Å². The molecule has 0 radical (unpaired) electrons. The molecule has 0 amide bonds. The summed E-state index contributed by atoms with van der Waals surface area (Å²) in [5, 5.41) is 43.3. The summed E-state index contributed by atoms with van der Waals surface area (Å²) in [7, 11) is 0. The van der Waals surface area contributed by atoms with Gasteiger partial charge in [-0.05, 0) is 440 Å². The van der Waals surface area contributed by atoms with Crippen molar-refractivity contribution in [2.75, 3.05) is 39.6 Å². The van der Waals surface area contributed by atoms with Crippen LogP contribution in [0, 0.1) is 157 Å². The maximum absolute atomic E-state index is 13.1. The summed E-state index contributed by atoms with van der Waals surface area (Å²) < 4.78 is 29.3. The Balaban J connectivity index is 0.000000152. The van der Waals surface area contributed by atoms with Gasteiger partial charge in [-0.3, -0.25) is 0 Å². The van der Waals surface area contributed by atoms with Gasteiger partial charge in [0.15, 0.2) is 0 Å². The summed E-state index contributed by atoms with van der Waals surface area (Å²) in [5.74, 6) is 15.3. The normalized spacial score (nSPS) is 43.9. The van der Waals surface area contributed by atoms with Crippen LogP contribution in [0.25, 0.3) is 0 Å². The molecule has 0 aromatic heterocycles. The molecule has 11 heteroatoms. The summed E-state index contributed by atoms with van der Waals surface area (Å²) in [5.41, 5.74) is 2.69. The van der Waals surface area contributed by atoms with Gasteiger partial charge in [0, 0.05) is 51.5 Å². The molecule has 15 aliphatic rings. The van der Waals surface area contributed by atoms with E-state index in [2.05, 4.69) is 83.1 Å². The Morgan fingerprint density at radius 3 is 0.932 bits per heavy atom. The highest BCUT2D eigenvalue weighted by Gasteiger charge is 2.65. The number of carbonyl (C=O) groups excluding carboxylic acids is 2. The van der Waals surface area contributed by atoms with Crippen LogP contribution in [0.3, 0.4) is 0 Å². The lowest BCUT2D eigenvalue weighted by molar-refractivity contribution is -0.148. The third kappa shape index (κ3) is 18.9. The largest absolute Gasteiger partial charge is 0.458 e. The number of ether oxygens (including phenoxy) is 5. The van der Waals surface area contributed by atoms with Crippen LogP contribution in [0.4, 0.5) is 0 Å². The molecular weight excluding hydrogens is 1450 g/mol. The molecule has 30 atom stereocenters. The molecule has 1 unspecified atom stereocenters. The zero-order valence-electron chi connectivity index (χ0n) is 74.6. The molecule has 2 aromatic rings. The van der Waals surface area contributed by atoms with Gasteiger partial charge in [0.2, 0.25) is 0 Å². The van der Waals surface area contributed by atoms with Gasteiger partial charge < -0.3 is 44.1 Å². The monoisotopic (exact) mass is 1620 g/mol. The van der Waals surface area contributed by atoms with Crippen molar-refractivity contribution in [3.63, 3.8) is 0 Å². The van der Waals surface area contributed by atoms with E-state index in [0.29, 0.717) is 85.0 Å². The Morgan fingerprint density at radius 2 is 0.624 bits per heavy atom. The predicted molar refractivity (Wildman–Crippen MR) is 474 cm³/mol. The van der Waals surface area contributed by atoms with Crippen LogP contribution in [0.15, 0.2) is 60.7 Å². The molecule has 11 nitrogen and oxygen atoms in total. The van der Waals surface area contributed by atoms with Gasteiger partial charge >= 0.3 is 11.9 Å². The number of aliphatic hydroxyl groups is 4. The average molecular weight is 1620 g/mol. The standard InChI is InChI=1S/2C37H56O4.C30H52O3.2CH4/c2*1-25(10-15-33(26-17-22-40-23-18-26)41-34(38)27-8-6-5-7-9-27)30-13-14-31-29-12-11-28-24-35(2,39)20-21-36(28,3)32(29)16-19-37(30,31)4;1-20(5-10-27(31)21-12-17-33-18-13-21)24-8-9-25-23-7-6-22-19-28(2,32)15-16-29(22,3)26(23)11-14-30(24,25)4;;/h2*5-9,25-26,28-33,39H,10-24H2,1-4H3;20-27,31-32H,5-19H2,1-4H3;2*1H4/t25-,28+,29+,30-,31+,32+,33+,35+,36+,37-;25-,28+,29+,30-,31+,32+,33-,35+,36+,37-;20-,22+,23+,24-,25+,26+,27?,28+,29+,30-;;/m111../s1. The van der Waals surface area contributed by atoms with E-state index in [1.165, 1.54) is 141 Å². The van der Waals surface area contributed by atoms with Crippen LogP contribution in [0.1, 0.15) is 369 Å². The second kappa shape index (κ2) is 37.3. The maximum atomic E-state index is 13.1. The minimum atomic E-state index is -0.452. The molecule has 117 heavy (non-hydrogen) atoms. The average Bonchev–Trinajstić information content (AvgIpc) is 1.68. The fourth-order valence-electron chi connectivity index (χ4n) is 33.0. The number of carbonyl (C=O) groups is 2. The first-order chi connectivity index (χ1) is 54.9. The van der Waals surface area contributed by atoms with Crippen molar-refractivity contribution in [3.8, 4) is 0 Å². The number of hydrogen-bond donors (Lipinski definition) is 4. The number of esters is 2. The van der Waals surface area contributed by atoms with Gasteiger partial charge in [-0.15, -0.1) is 0 Å². The lowest BCUT2D eigenvalue weighted by Crippen LogP contribution is -2.55. The van der Waals surface area contributed by atoms with Gasteiger partial charge in [-0.2, -0.15) is 0 Å². The summed E-state index contributed by atoms with van der Waals surface area (Å²) in [6, 6.07) is 19.0. The van der Waals surface area contributed by atoms with Crippen molar-refractivity contribution in [1.82, 2.24) is 0 Å². The van der Waals surface area contributed by atoms with Gasteiger partial charge in [-0.25, -0.2) is 9.59 Å². The van der Waals surface area contributed by atoms with E-state index in [-0.39, 0.29) is 45.1 Å². The summed E-state index contributed by atoms with van der Waals surface area (Å²) in [4.78, 5) is 26.1. The number of benzene rings is 2. The molecule has 4 N–H and O–H groups in total. The van der Waals surface area contributed by atoms with Crippen molar-refractivity contribution in [3.05, 3.63) is 71.8 Å². The first-order valence-corrected chi connectivity index (χ1v) is 49.0. The molecule has 0 bridgehead atoms. The van der Waals surface area contributed by atoms with Gasteiger partial charge in [-0.1, -0.05) is 114 Å². The Hall–Kier alpha value is -2.90. The molecular formula is C106H172O11. The zero-order chi connectivity index (χ0) is 81.1. The number of hydrogen-bond acceptors (Lipinski definition) is 11. The Kier molecular flexibility index (Phi) is 29.3. The van der Waals surface area contributed by atoms with Crippen LogP contribution < -0.4 is 0 Å². The van der Waals surface area contributed by atoms with E-state index in [4.69, 9.17) is 23.7 Å². The van der Waals surface area contributed by atoms with Gasteiger partial charge in [0.1, 0.15) is 12.2 Å². The first-order valence-electron chi connectivity index (χ1n) is 49.0. The highest BCUT2D eigenvalue weighted by Crippen LogP contribution is 2.73. The SMILES string of the molecule is C.C.C[C@H](CCC(O)C1CCOCC1)[C@H]1CC[C@H]2[C@@H]3CC[C@H]4C[C@@](C)(O)CC[C@]4(C)[C@H]3CC[C@]12C.C[C@H](CC[C@@H](OC(=O)c1ccccc1)C1CCOCC1)[C@H]1CC[C@H]2[C@@H]3CC[C@H]4C[C@@](C)(O)CC[C@]4(C)[C@H]3CC[C@]12C.C[C@H](CC[C@H](OC(=O)c1ccccc1)C1CCOCC1)[C@H]1CC[C@H]2[C@@H]3CC[C@H]4C[C@@](C)(O)CC[C@]4(C)[C@H]3CC[C@]12C. The van der Waals surface area contributed by atoms with E-state index >= 15 is 0 Å². The van der Waals surface area contributed by atoms with Gasteiger partial charge in [0.25, 0.3) is 0 Å². The summed E-state index contributed by atoms with van der Waals surface area (Å²) in [6.45, 7) is 34.3. The van der Waals surface area contributed by atoms with Crippen molar-refractivity contribution >= 4 is 11.9 Å². The smallest absolute Gasteiger partial charge is 0.338 e. The molecule has 662 valence electrons. The van der Waals surface area contributed by atoms with Crippen molar-refractivity contribution in [2.45, 2.75) is 383 Å². The molecule has 2 aromatic carbocycles. The summed E-state index contributed by atoms with van der Waals surface area (Å²) >= 11 is 0. The predicted octanol–water partition coefficient (Wildman–Crippen LogP) is 24.8. The maximum Gasteiger partial charge on any atom is 0.338 e. The van der Waals surface area contributed by atoms with Crippen LogP contribution in [-0.4, -0.2) is 107 Å². The second-order valence-electron chi connectivity index (χ2n) is 46.0. The van der Waals surface area contributed by atoms with E-state index in [1.54, 1.807) is 0 Å². The molecule has 17 rings (SSSR count). The van der Waals surface area contributed by atoms with Crippen LogP contribution in [0.2, 0.25) is 0 Å². The number of rotatable bonds is 19. The lowest BCUT2D eigenvalue weighted by atomic mass is 9.43. The minimum absolute atomic E-state index is 0. The van der Waals surface area contributed by atoms with Crippen LogP contribution >= 0.6 is 0 Å². The number of aliphatic hydroxyl groups excluding tert-OH is 1. The molecule has 3 saturated heterocycles. The van der Waals surface area contributed by atoms with Crippen LogP contribution in [-0.2, 0) is 23.7 Å². The molecule has 3 heterocycles. The highest BCUT2D eigenvalue weighted by molar-refractivity contribution is 5.90. The minimum Gasteiger partial charge on any atom is -0.458 e. The quantitative estimate of drug-likeness (QED) is 0.0991. The van der Waals surface area contributed by atoms with Gasteiger partial charge in [0.05, 0.1) is 34.0 Å². The van der Waals surface area contributed by atoms with E-state index in [0.717, 1.165) is 232 Å². The third-order valence-electron chi connectivity index (χ3n) is 39.8.